The Kier molecular flexibility index (Phi) is 5.48. The van der Waals surface area contributed by atoms with Crippen molar-refractivity contribution in [3.8, 4) is 5.75 Å². The van der Waals surface area contributed by atoms with Crippen LogP contribution < -0.4 is 10.5 Å². The van der Waals surface area contributed by atoms with Crippen molar-refractivity contribution in [3.63, 3.8) is 0 Å². The van der Waals surface area contributed by atoms with E-state index < -0.39 is 0 Å². The maximum absolute atomic E-state index is 5.63. The van der Waals surface area contributed by atoms with Crippen LogP contribution in [0.2, 0.25) is 0 Å². The van der Waals surface area contributed by atoms with E-state index in [9.17, 15) is 0 Å². The van der Waals surface area contributed by atoms with Crippen LogP contribution in [0.3, 0.4) is 0 Å². The van der Waals surface area contributed by atoms with Crippen molar-refractivity contribution < 1.29 is 9.47 Å². The molecule has 2 rings (SSSR count). The fraction of sp³-hybridized carbons (Fsp3) is 0.538. The Morgan fingerprint density at radius 2 is 1.89 bits per heavy atom. The van der Waals surface area contributed by atoms with E-state index in [4.69, 9.17) is 15.2 Å². The quantitative estimate of drug-likeness (QED) is 0.583. The van der Waals surface area contributed by atoms with Gasteiger partial charge in [0.05, 0.1) is 15.6 Å². The molecule has 100 valence electrons. The summed E-state index contributed by atoms with van der Waals surface area (Å²) in [5.41, 5.74) is 6.73. The van der Waals surface area contributed by atoms with Gasteiger partial charge >= 0.3 is 0 Å². The van der Waals surface area contributed by atoms with Gasteiger partial charge in [-0.15, -0.1) is 0 Å². The summed E-state index contributed by atoms with van der Waals surface area (Å²) >= 11 is 7.02. The van der Waals surface area contributed by atoms with Crippen molar-refractivity contribution in [2.75, 3.05) is 19.9 Å². The highest BCUT2D eigenvalue weighted by molar-refractivity contribution is 9.11. The molecule has 1 aromatic carbocycles. The summed E-state index contributed by atoms with van der Waals surface area (Å²) in [5.74, 6) is 1.54. The third-order valence-electron chi connectivity index (χ3n) is 2.83. The molecule has 0 bridgehead atoms. The maximum Gasteiger partial charge on any atom is 0.189 e. The van der Waals surface area contributed by atoms with Crippen LogP contribution in [-0.2, 0) is 11.2 Å². The minimum absolute atomic E-state index is 0.296. The first-order valence-corrected chi connectivity index (χ1v) is 7.68. The summed E-state index contributed by atoms with van der Waals surface area (Å²) in [7, 11) is 0. The molecule has 18 heavy (non-hydrogen) atoms. The summed E-state index contributed by atoms with van der Waals surface area (Å²) in [6.07, 6.45) is 3.44. The first-order chi connectivity index (χ1) is 8.70. The molecular formula is C13H17Br2NO2. The SMILES string of the molecule is NCCc1cc(Br)c(OCOCC2CC2)c(Br)c1. The lowest BCUT2D eigenvalue weighted by Gasteiger charge is -2.12. The van der Waals surface area contributed by atoms with Crippen LogP contribution in [-0.4, -0.2) is 19.9 Å². The summed E-state index contributed by atoms with van der Waals surface area (Å²) < 4.78 is 12.9. The first-order valence-electron chi connectivity index (χ1n) is 6.09. The van der Waals surface area contributed by atoms with Crippen molar-refractivity contribution >= 4 is 31.9 Å². The molecule has 3 nitrogen and oxygen atoms in total. The standard InChI is InChI=1S/C13H17Br2NO2/c14-11-5-10(3-4-16)6-12(15)13(11)18-8-17-7-9-1-2-9/h5-6,9H,1-4,7-8,16H2. The number of halogens is 2. The van der Waals surface area contributed by atoms with Gasteiger partial charge in [-0.2, -0.15) is 0 Å². The van der Waals surface area contributed by atoms with Gasteiger partial charge in [-0.25, -0.2) is 0 Å². The van der Waals surface area contributed by atoms with Crippen LogP contribution in [0.4, 0.5) is 0 Å². The number of nitrogens with two attached hydrogens (primary N) is 1. The fourth-order valence-corrected chi connectivity index (χ4v) is 3.17. The van der Waals surface area contributed by atoms with Crippen molar-refractivity contribution in [1.82, 2.24) is 0 Å². The Morgan fingerprint density at radius 3 is 2.44 bits per heavy atom. The molecule has 1 aromatic rings. The van der Waals surface area contributed by atoms with E-state index in [1.54, 1.807) is 0 Å². The molecule has 0 saturated heterocycles. The van der Waals surface area contributed by atoms with Gasteiger partial charge in [-0.1, -0.05) is 0 Å². The monoisotopic (exact) mass is 377 g/mol. The zero-order valence-corrected chi connectivity index (χ0v) is 13.3. The van der Waals surface area contributed by atoms with Crippen LogP contribution in [0.25, 0.3) is 0 Å². The topological polar surface area (TPSA) is 44.5 Å². The number of rotatable bonds is 7. The molecule has 0 unspecified atom stereocenters. The molecule has 1 aliphatic rings. The lowest BCUT2D eigenvalue weighted by Crippen LogP contribution is -2.07. The largest absolute Gasteiger partial charge is 0.465 e. The smallest absolute Gasteiger partial charge is 0.189 e. The maximum atomic E-state index is 5.63. The van der Waals surface area contributed by atoms with Gasteiger partial charge in [0.1, 0.15) is 0 Å². The van der Waals surface area contributed by atoms with E-state index in [1.165, 1.54) is 18.4 Å². The Morgan fingerprint density at radius 1 is 1.22 bits per heavy atom. The van der Waals surface area contributed by atoms with Gasteiger partial charge in [0.25, 0.3) is 0 Å². The van der Waals surface area contributed by atoms with E-state index in [2.05, 4.69) is 31.9 Å². The van der Waals surface area contributed by atoms with Gasteiger partial charge in [-0.05, 0) is 81.3 Å². The highest BCUT2D eigenvalue weighted by atomic mass is 79.9. The number of hydrogen-bond donors (Lipinski definition) is 1. The Balaban J connectivity index is 1.89. The van der Waals surface area contributed by atoms with E-state index in [0.29, 0.717) is 13.3 Å². The first kappa shape index (κ1) is 14.3. The van der Waals surface area contributed by atoms with Crippen molar-refractivity contribution in [2.24, 2.45) is 11.7 Å². The van der Waals surface area contributed by atoms with Crippen LogP contribution in [0.5, 0.6) is 5.75 Å². The highest BCUT2D eigenvalue weighted by Gasteiger charge is 2.21. The third kappa shape index (κ3) is 4.23. The Hall–Kier alpha value is -0.100. The summed E-state index contributed by atoms with van der Waals surface area (Å²) in [5, 5.41) is 0. The van der Waals surface area contributed by atoms with Gasteiger partial charge in [0, 0.05) is 0 Å². The second kappa shape index (κ2) is 6.89. The average Bonchev–Trinajstić information content (AvgIpc) is 3.11. The predicted molar refractivity (Wildman–Crippen MR) is 78.8 cm³/mol. The zero-order chi connectivity index (χ0) is 13.0. The van der Waals surface area contributed by atoms with Gasteiger partial charge in [0.2, 0.25) is 0 Å². The molecule has 5 heteroatoms. The average molecular weight is 379 g/mol. The molecule has 2 N–H and O–H groups in total. The van der Waals surface area contributed by atoms with Crippen LogP contribution >= 0.6 is 31.9 Å². The van der Waals surface area contributed by atoms with Crippen LogP contribution in [0.1, 0.15) is 18.4 Å². The predicted octanol–water partition coefficient (Wildman–Crippen LogP) is 3.48. The highest BCUT2D eigenvalue weighted by Crippen LogP contribution is 2.35. The zero-order valence-electron chi connectivity index (χ0n) is 10.1. The summed E-state index contributed by atoms with van der Waals surface area (Å²) in [6, 6.07) is 4.07. The van der Waals surface area contributed by atoms with Crippen LogP contribution in [0, 0.1) is 5.92 Å². The molecule has 1 fully saturated rings. The molecule has 0 spiro atoms. The molecule has 0 aliphatic heterocycles. The molecular weight excluding hydrogens is 362 g/mol. The van der Waals surface area contributed by atoms with E-state index in [-0.39, 0.29) is 0 Å². The van der Waals surface area contributed by atoms with Gasteiger partial charge in [0.15, 0.2) is 12.5 Å². The second-order valence-electron chi connectivity index (χ2n) is 4.50. The van der Waals surface area contributed by atoms with E-state index in [0.717, 1.165) is 33.6 Å². The van der Waals surface area contributed by atoms with Crippen molar-refractivity contribution in [1.29, 1.82) is 0 Å². The lowest BCUT2D eigenvalue weighted by atomic mass is 10.1. The Bertz CT molecular complexity index is 385. The minimum atomic E-state index is 0.296. The van der Waals surface area contributed by atoms with E-state index in [1.807, 2.05) is 12.1 Å². The minimum Gasteiger partial charge on any atom is -0.465 e. The lowest BCUT2D eigenvalue weighted by molar-refractivity contribution is 0.00913. The number of hydrogen-bond acceptors (Lipinski definition) is 3. The molecule has 0 heterocycles. The Labute approximate surface area is 124 Å². The summed E-state index contributed by atoms with van der Waals surface area (Å²) in [4.78, 5) is 0. The number of ether oxygens (including phenoxy) is 2. The van der Waals surface area contributed by atoms with Crippen LogP contribution in [0.15, 0.2) is 21.1 Å². The van der Waals surface area contributed by atoms with Crippen molar-refractivity contribution in [3.05, 3.63) is 26.6 Å². The van der Waals surface area contributed by atoms with Crippen molar-refractivity contribution in [2.45, 2.75) is 19.3 Å². The van der Waals surface area contributed by atoms with Gasteiger partial charge in [-0.3, -0.25) is 0 Å². The second-order valence-corrected chi connectivity index (χ2v) is 6.21. The molecule has 1 aliphatic carbocycles. The third-order valence-corrected chi connectivity index (χ3v) is 4.01. The molecule has 0 radical (unpaired) electrons. The number of benzene rings is 1. The summed E-state index contributed by atoms with van der Waals surface area (Å²) in [6.45, 7) is 1.74. The molecule has 0 atom stereocenters. The molecule has 1 saturated carbocycles. The normalized spacial score (nSPS) is 14.8. The van der Waals surface area contributed by atoms with Gasteiger partial charge < -0.3 is 15.2 Å². The molecule has 0 aromatic heterocycles. The van der Waals surface area contributed by atoms with E-state index >= 15 is 0 Å². The molecule has 0 amide bonds. The fourth-order valence-electron chi connectivity index (χ4n) is 1.66.